The van der Waals surface area contributed by atoms with Crippen LogP contribution in [0.5, 0.6) is 0 Å². The van der Waals surface area contributed by atoms with Crippen molar-refractivity contribution in [3.8, 4) is 0 Å². The van der Waals surface area contributed by atoms with E-state index in [4.69, 9.17) is 0 Å². The molecule has 76 valence electrons. The molecule has 0 aliphatic heterocycles. The molecular weight excluding hydrogens is 180 g/mol. The minimum atomic E-state index is 0.422. The predicted octanol–water partition coefficient (Wildman–Crippen LogP) is 4.01. The van der Waals surface area contributed by atoms with Gasteiger partial charge in [0.1, 0.15) is 0 Å². The van der Waals surface area contributed by atoms with Crippen LogP contribution in [0.2, 0.25) is 0 Å². The van der Waals surface area contributed by atoms with Crippen molar-refractivity contribution in [1.82, 2.24) is 0 Å². The molecule has 0 aromatic heterocycles. The first-order chi connectivity index (χ1) is 7.40. The fraction of sp³-hybridized carbons (Fsp3) is 0.200. The zero-order valence-corrected chi connectivity index (χ0v) is 9.06. The van der Waals surface area contributed by atoms with E-state index in [1.807, 2.05) is 0 Å². The zero-order chi connectivity index (χ0) is 10.5. The molecule has 0 saturated heterocycles. The largest absolute Gasteiger partial charge is 0.0732 e. The minimum Gasteiger partial charge on any atom is -0.0732 e. The van der Waals surface area contributed by atoms with Crippen LogP contribution in [0.4, 0.5) is 0 Å². The summed E-state index contributed by atoms with van der Waals surface area (Å²) >= 11 is 0. The van der Waals surface area contributed by atoms with Gasteiger partial charge in [-0.05, 0) is 17.5 Å². The van der Waals surface area contributed by atoms with Crippen molar-refractivity contribution >= 4 is 0 Å². The van der Waals surface area contributed by atoms with Crippen LogP contribution >= 0.6 is 0 Å². The van der Waals surface area contributed by atoms with E-state index in [0.717, 1.165) is 6.42 Å². The van der Waals surface area contributed by atoms with Gasteiger partial charge in [-0.3, -0.25) is 0 Å². The summed E-state index contributed by atoms with van der Waals surface area (Å²) in [5, 5.41) is 0. The Labute approximate surface area is 91.6 Å². The van der Waals surface area contributed by atoms with E-state index in [2.05, 4.69) is 67.6 Å². The first-order valence-corrected chi connectivity index (χ1v) is 5.50. The Hall–Kier alpha value is -1.56. The molecule has 15 heavy (non-hydrogen) atoms. The average molecular weight is 196 g/mol. The zero-order valence-electron chi connectivity index (χ0n) is 9.06. The van der Waals surface area contributed by atoms with E-state index in [1.54, 1.807) is 0 Å². The normalized spacial score (nSPS) is 15.5. The molecular formula is C15H16. The molecule has 0 N–H and O–H groups in total. The Balaban J connectivity index is 2.22. The molecule has 0 bridgehead atoms. The van der Waals surface area contributed by atoms with Crippen molar-refractivity contribution < 1.29 is 0 Å². The quantitative estimate of drug-likeness (QED) is 0.670. The molecule has 0 saturated carbocycles. The summed E-state index contributed by atoms with van der Waals surface area (Å²) in [5.74, 6) is 0.422. The third-order valence-corrected chi connectivity index (χ3v) is 2.74. The molecule has 0 atom stereocenters. The molecule has 0 heteroatoms. The molecule has 0 heterocycles. The number of benzene rings is 1. The molecule has 1 aliphatic carbocycles. The van der Waals surface area contributed by atoms with E-state index in [0.29, 0.717) is 5.92 Å². The minimum absolute atomic E-state index is 0.422. The highest BCUT2D eigenvalue weighted by molar-refractivity contribution is 5.34. The van der Waals surface area contributed by atoms with E-state index in [-0.39, 0.29) is 0 Å². The lowest BCUT2D eigenvalue weighted by molar-refractivity contribution is 1.07. The van der Waals surface area contributed by atoms with Crippen LogP contribution in [0.1, 0.15) is 24.0 Å². The highest BCUT2D eigenvalue weighted by Gasteiger charge is 2.03. The summed E-state index contributed by atoms with van der Waals surface area (Å²) < 4.78 is 0. The van der Waals surface area contributed by atoms with Crippen molar-refractivity contribution in [3.05, 3.63) is 71.8 Å². The summed E-state index contributed by atoms with van der Waals surface area (Å²) in [4.78, 5) is 0. The summed E-state index contributed by atoms with van der Waals surface area (Å²) in [7, 11) is 0. The Kier molecular flexibility index (Phi) is 3.18. The average Bonchev–Trinajstić information content (AvgIpc) is 2.58. The van der Waals surface area contributed by atoms with Gasteiger partial charge < -0.3 is 0 Å². The van der Waals surface area contributed by atoms with Gasteiger partial charge in [-0.1, -0.05) is 67.6 Å². The highest BCUT2D eigenvalue weighted by Crippen LogP contribution is 2.21. The van der Waals surface area contributed by atoms with Crippen molar-refractivity contribution in [2.75, 3.05) is 0 Å². The summed E-state index contributed by atoms with van der Waals surface area (Å²) in [6.07, 6.45) is 13.9. The predicted molar refractivity (Wildman–Crippen MR) is 66.0 cm³/mol. The molecule has 0 spiro atoms. The molecule has 1 aliphatic rings. The summed E-state index contributed by atoms with van der Waals surface area (Å²) in [6.45, 7) is 2.18. The van der Waals surface area contributed by atoms with E-state index < -0.39 is 0 Å². The molecule has 0 radical (unpaired) electrons. The number of hydrogen-bond acceptors (Lipinski definition) is 0. The lowest BCUT2D eigenvalue weighted by Gasteiger charge is -2.08. The second kappa shape index (κ2) is 4.79. The van der Waals surface area contributed by atoms with Crippen LogP contribution < -0.4 is 0 Å². The van der Waals surface area contributed by atoms with Gasteiger partial charge in [-0.15, -0.1) is 0 Å². The first-order valence-electron chi connectivity index (χ1n) is 5.50. The maximum absolute atomic E-state index is 2.23. The van der Waals surface area contributed by atoms with Gasteiger partial charge in [0.25, 0.3) is 0 Å². The van der Waals surface area contributed by atoms with Crippen molar-refractivity contribution in [1.29, 1.82) is 0 Å². The smallest absolute Gasteiger partial charge is 0.0204 e. The van der Waals surface area contributed by atoms with Gasteiger partial charge >= 0.3 is 0 Å². The topological polar surface area (TPSA) is 0 Å². The van der Waals surface area contributed by atoms with Crippen molar-refractivity contribution in [3.63, 3.8) is 0 Å². The molecule has 0 unspecified atom stereocenters. The third kappa shape index (κ3) is 2.47. The number of hydrogen-bond donors (Lipinski definition) is 0. The second-order valence-corrected chi connectivity index (χ2v) is 3.78. The fourth-order valence-corrected chi connectivity index (χ4v) is 1.76. The fourth-order valence-electron chi connectivity index (χ4n) is 1.76. The van der Waals surface area contributed by atoms with Crippen LogP contribution in [-0.2, 0) is 6.42 Å². The molecule has 0 nitrogen and oxygen atoms in total. The molecule has 2 rings (SSSR count). The third-order valence-electron chi connectivity index (χ3n) is 2.74. The monoisotopic (exact) mass is 196 g/mol. The van der Waals surface area contributed by atoms with Gasteiger partial charge in [-0.2, -0.15) is 0 Å². The number of rotatable bonds is 2. The first kappa shape index (κ1) is 9.97. The maximum Gasteiger partial charge on any atom is 0.0204 e. The molecule has 1 aromatic carbocycles. The van der Waals surface area contributed by atoms with Crippen LogP contribution in [0, 0.1) is 0 Å². The lowest BCUT2D eigenvalue weighted by atomic mass is 9.97. The molecule has 1 aromatic rings. The van der Waals surface area contributed by atoms with Crippen molar-refractivity contribution in [2.45, 2.75) is 19.3 Å². The summed E-state index contributed by atoms with van der Waals surface area (Å²) in [6, 6.07) is 8.89. The van der Waals surface area contributed by atoms with E-state index >= 15 is 0 Å². The second-order valence-electron chi connectivity index (χ2n) is 3.78. The molecule has 0 fully saturated rings. The summed E-state index contributed by atoms with van der Waals surface area (Å²) in [5.41, 5.74) is 2.77. The Morgan fingerprint density at radius 2 is 1.47 bits per heavy atom. The maximum atomic E-state index is 2.23. The van der Waals surface area contributed by atoms with Crippen LogP contribution in [0.15, 0.2) is 60.7 Å². The Morgan fingerprint density at radius 1 is 0.867 bits per heavy atom. The van der Waals surface area contributed by atoms with Gasteiger partial charge in [0.15, 0.2) is 0 Å². The Bertz CT molecular complexity index is 375. The SMILES string of the molecule is CCc1ccc(C2C=CC=CC=C2)cc1. The van der Waals surface area contributed by atoms with Crippen LogP contribution in [0.25, 0.3) is 0 Å². The van der Waals surface area contributed by atoms with Gasteiger partial charge in [0, 0.05) is 5.92 Å². The lowest BCUT2D eigenvalue weighted by Crippen LogP contribution is -1.91. The van der Waals surface area contributed by atoms with Gasteiger partial charge in [0.2, 0.25) is 0 Å². The van der Waals surface area contributed by atoms with Gasteiger partial charge in [0.05, 0.1) is 0 Å². The van der Waals surface area contributed by atoms with Crippen LogP contribution in [-0.4, -0.2) is 0 Å². The Morgan fingerprint density at radius 3 is 2.00 bits per heavy atom. The van der Waals surface area contributed by atoms with Gasteiger partial charge in [-0.25, -0.2) is 0 Å². The molecule has 0 amide bonds. The number of aryl methyl sites for hydroxylation is 1. The standard InChI is InChI=1S/C15H16/c1-2-13-9-11-15(12-10-13)14-7-5-3-4-6-8-14/h3-12,14H,2H2,1H3. The van der Waals surface area contributed by atoms with Crippen molar-refractivity contribution in [2.24, 2.45) is 0 Å². The number of allylic oxidation sites excluding steroid dienone is 6. The van der Waals surface area contributed by atoms with E-state index in [1.165, 1.54) is 11.1 Å². The van der Waals surface area contributed by atoms with E-state index in [9.17, 15) is 0 Å². The van der Waals surface area contributed by atoms with Crippen LogP contribution in [0.3, 0.4) is 0 Å². The highest BCUT2D eigenvalue weighted by atomic mass is 14.1.